The Morgan fingerprint density at radius 1 is 0.321 bits per heavy atom. The van der Waals surface area contributed by atoms with E-state index in [-0.39, 0.29) is 23.9 Å². The van der Waals surface area contributed by atoms with E-state index in [0.717, 1.165) is 70.3 Å². The Balaban J connectivity index is -0.000000322. The average Bonchev–Trinajstić information content (AvgIpc) is 3.14. The zero-order valence-electron chi connectivity index (χ0n) is 36.7. The summed E-state index contributed by atoms with van der Waals surface area (Å²) in [6.45, 7) is 37.6. The van der Waals surface area contributed by atoms with Crippen LogP contribution in [0, 0.1) is 0 Å². The summed E-state index contributed by atoms with van der Waals surface area (Å²) in [4.78, 5) is 42.0. The molecule has 0 unspecified atom stereocenters. The molecule has 0 saturated carbocycles. The first-order valence-corrected chi connectivity index (χ1v) is 18.6. The summed E-state index contributed by atoms with van der Waals surface area (Å²) >= 11 is 0. The summed E-state index contributed by atoms with van der Waals surface area (Å²) in [6, 6.07) is 0. The molecule has 0 N–H and O–H groups in total. The highest BCUT2D eigenvalue weighted by molar-refractivity contribution is 5.67. The number of rotatable bonds is 20. The molecule has 56 heavy (non-hydrogen) atoms. The van der Waals surface area contributed by atoms with Crippen LogP contribution in [0.1, 0.15) is 109 Å². The number of hydrogen-bond donors (Lipinski definition) is 0. The van der Waals surface area contributed by atoms with Crippen LogP contribution in [-0.4, -0.2) is 50.3 Å². The smallest absolute Gasteiger partial charge is 0.302 e. The van der Waals surface area contributed by atoms with Crippen molar-refractivity contribution in [2.45, 2.75) is 109 Å². The molecule has 8 heteroatoms. The van der Waals surface area contributed by atoms with Gasteiger partial charge in [-0.2, -0.15) is 0 Å². The third-order valence-electron chi connectivity index (χ3n) is 6.92. The van der Waals surface area contributed by atoms with Gasteiger partial charge in [-0.25, -0.2) is 0 Å². The lowest BCUT2D eigenvalue weighted by molar-refractivity contribution is -0.140. The molecule has 0 aromatic carbocycles. The van der Waals surface area contributed by atoms with Crippen molar-refractivity contribution in [3.8, 4) is 0 Å². The van der Waals surface area contributed by atoms with Gasteiger partial charge in [0.2, 0.25) is 0 Å². The van der Waals surface area contributed by atoms with Gasteiger partial charge in [0.15, 0.2) is 0 Å². The second-order valence-electron chi connectivity index (χ2n) is 12.9. The fourth-order valence-corrected chi connectivity index (χ4v) is 3.21. The van der Waals surface area contributed by atoms with Gasteiger partial charge in [0.05, 0.1) is 0 Å². The van der Waals surface area contributed by atoms with Crippen LogP contribution in [0.2, 0.25) is 0 Å². The molecule has 0 aromatic rings. The van der Waals surface area contributed by atoms with Crippen LogP contribution in [0.15, 0.2) is 144 Å². The van der Waals surface area contributed by atoms with E-state index < -0.39 is 0 Å². The molecule has 0 radical (unpaired) electrons. The predicted molar refractivity (Wildman–Crippen MR) is 236 cm³/mol. The van der Waals surface area contributed by atoms with Gasteiger partial charge < -0.3 is 18.9 Å². The number of carbonyl (C=O) groups excluding carboxylic acids is 4. The minimum atomic E-state index is -0.240. The van der Waals surface area contributed by atoms with Crippen molar-refractivity contribution < 1.29 is 38.1 Å². The molecule has 0 rings (SSSR count). The van der Waals surface area contributed by atoms with E-state index in [1.54, 1.807) is 0 Å². The van der Waals surface area contributed by atoms with Gasteiger partial charge in [-0.1, -0.05) is 122 Å². The lowest BCUT2D eigenvalue weighted by Gasteiger charge is -2.00. The maximum Gasteiger partial charge on any atom is 0.302 e. The van der Waals surface area contributed by atoms with E-state index in [2.05, 4.69) is 50.6 Å². The largest absolute Gasteiger partial charge is 0.461 e. The molecule has 0 atom stereocenters. The molecule has 0 bridgehead atoms. The molecule has 0 amide bonds. The zero-order valence-corrected chi connectivity index (χ0v) is 36.7. The van der Waals surface area contributed by atoms with Crippen molar-refractivity contribution in [2.24, 2.45) is 0 Å². The summed E-state index contributed by atoms with van der Waals surface area (Å²) < 4.78 is 19.4. The second-order valence-corrected chi connectivity index (χ2v) is 12.9. The summed E-state index contributed by atoms with van der Waals surface area (Å²) in [5.41, 5.74) is 8.87. The van der Waals surface area contributed by atoms with Gasteiger partial charge >= 0.3 is 23.9 Å². The Hall–Kier alpha value is -5.24. The van der Waals surface area contributed by atoms with Gasteiger partial charge in [-0.15, -0.1) is 0 Å². The zero-order chi connectivity index (χ0) is 43.9. The minimum Gasteiger partial charge on any atom is -0.461 e. The van der Waals surface area contributed by atoms with Gasteiger partial charge in [0.25, 0.3) is 0 Å². The first-order valence-electron chi connectivity index (χ1n) is 18.6. The van der Waals surface area contributed by atoms with Crippen molar-refractivity contribution >= 4 is 23.9 Å². The predicted octanol–water partition coefficient (Wildman–Crippen LogP) is 12.1. The summed E-state index contributed by atoms with van der Waals surface area (Å²) in [7, 11) is 0. The van der Waals surface area contributed by atoms with E-state index in [9.17, 15) is 19.2 Å². The Morgan fingerprint density at radius 2 is 0.482 bits per heavy atom. The molecule has 0 fully saturated rings. The third-order valence-corrected chi connectivity index (χ3v) is 6.92. The van der Waals surface area contributed by atoms with Gasteiger partial charge in [-0.3, -0.25) is 19.2 Å². The lowest BCUT2D eigenvalue weighted by atomic mass is 10.2. The molecule has 0 aliphatic heterocycles. The van der Waals surface area contributed by atoms with Crippen LogP contribution in [0.25, 0.3) is 0 Å². The average molecular weight is 777 g/mol. The summed E-state index contributed by atoms with van der Waals surface area (Å²) in [6.07, 6.45) is 27.1. The molecule has 0 spiro atoms. The van der Waals surface area contributed by atoms with Crippen molar-refractivity contribution in [3.63, 3.8) is 0 Å². The van der Waals surface area contributed by atoms with E-state index in [4.69, 9.17) is 18.9 Å². The molecule has 312 valence electrons. The van der Waals surface area contributed by atoms with Crippen molar-refractivity contribution in [2.75, 3.05) is 26.4 Å². The van der Waals surface area contributed by atoms with E-state index >= 15 is 0 Å². The highest BCUT2D eigenvalue weighted by atomic mass is 16.5. The van der Waals surface area contributed by atoms with Gasteiger partial charge in [-0.05, 0) is 103 Å². The molecule has 0 aliphatic rings. The monoisotopic (exact) mass is 777 g/mol. The molecule has 0 aliphatic carbocycles. The molecule has 0 saturated heterocycles. The van der Waals surface area contributed by atoms with E-state index in [1.807, 2.05) is 104 Å². The molecule has 0 aromatic heterocycles. The number of allylic oxidation sites excluding steroid dienone is 16. The SMILES string of the molecule is C=C/C(C)=C/C/C=C(/C)COC(C)=O.C=C/C(C)=C/C/C=C(\C)COC(C)=O.C=C/C(C)=C\C/C=C(/C)COC(C)=O.C=C/C(C)=C\C/C=C(\C)COC(C)=O. The van der Waals surface area contributed by atoms with Gasteiger partial charge in [0.1, 0.15) is 26.4 Å². The van der Waals surface area contributed by atoms with Gasteiger partial charge in [0, 0.05) is 27.7 Å². The first kappa shape index (κ1) is 57.5. The van der Waals surface area contributed by atoms with Crippen molar-refractivity contribution in [3.05, 3.63) is 144 Å². The molecular weight excluding hydrogens is 705 g/mol. The maximum atomic E-state index is 10.5. The van der Waals surface area contributed by atoms with E-state index in [0.29, 0.717) is 26.4 Å². The quantitative estimate of drug-likeness (QED) is 0.0521. The summed E-state index contributed by atoms with van der Waals surface area (Å²) in [5, 5.41) is 0. The summed E-state index contributed by atoms with van der Waals surface area (Å²) in [5.74, 6) is -0.961. The molecular formula is C48H72O8. The third kappa shape index (κ3) is 50.9. The van der Waals surface area contributed by atoms with Crippen molar-refractivity contribution in [1.82, 2.24) is 0 Å². The fraction of sp³-hybridized carbons (Fsp3) is 0.417. The molecule has 0 heterocycles. The molecule has 8 nitrogen and oxygen atoms in total. The highest BCUT2D eigenvalue weighted by Gasteiger charge is 1.96. The van der Waals surface area contributed by atoms with Crippen LogP contribution in [0.4, 0.5) is 0 Å². The number of esters is 4. The standard InChI is InChI=1S/4C12H18O2/c4*1-5-10(2)7-6-8-11(3)9-14-12(4)13/h4*5,7-8H,1,6,9H2,2-4H3/b10-7+,11-8+;10-7+,11-8-;10-7-,11-8+;10-7-,11-8-. The van der Waals surface area contributed by atoms with Crippen LogP contribution in [-0.2, 0) is 38.1 Å². The Morgan fingerprint density at radius 3 is 0.607 bits per heavy atom. The normalized spacial score (nSPS) is 12.5. The van der Waals surface area contributed by atoms with Crippen LogP contribution < -0.4 is 0 Å². The lowest BCUT2D eigenvalue weighted by Crippen LogP contribution is -2.01. The Bertz CT molecular complexity index is 1260. The van der Waals surface area contributed by atoms with E-state index in [1.165, 1.54) is 27.7 Å². The number of hydrogen-bond acceptors (Lipinski definition) is 8. The van der Waals surface area contributed by atoms with Crippen LogP contribution in [0.3, 0.4) is 0 Å². The van der Waals surface area contributed by atoms with Crippen LogP contribution in [0.5, 0.6) is 0 Å². The Kier molecular flexibility index (Phi) is 40.5. The number of carbonyl (C=O) groups is 4. The topological polar surface area (TPSA) is 105 Å². The van der Waals surface area contributed by atoms with Crippen molar-refractivity contribution in [1.29, 1.82) is 0 Å². The minimum absolute atomic E-state index is 0.240. The first-order chi connectivity index (χ1) is 26.2. The van der Waals surface area contributed by atoms with Crippen LogP contribution >= 0.6 is 0 Å². The number of ether oxygens (including phenoxy) is 4. The highest BCUT2D eigenvalue weighted by Crippen LogP contribution is 2.04. The Labute approximate surface area is 340 Å². The maximum absolute atomic E-state index is 10.5. The fourth-order valence-electron chi connectivity index (χ4n) is 3.21. The second kappa shape index (κ2) is 39.5.